The van der Waals surface area contributed by atoms with Gasteiger partial charge in [0, 0.05) is 25.4 Å². The molecule has 1 saturated heterocycles. The second kappa shape index (κ2) is 11.4. The first-order valence-electron chi connectivity index (χ1n) is 10.8. The van der Waals surface area contributed by atoms with Crippen LogP contribution in [0.15, 0.2) is 24.3 Å². The van der Waals surface area contributed by atoms with Crippen molar-refractivity contribution in [2.24, 2.45) is 0 Å². The van der Waals surface area contributed by atoms with E-state index in [4.69, 9.17) is 9.47 Å². The molecule has 1 heterocycles. The van der Waals surface area contributed by atoms with Crippen LogP contribution in [0.5, 0.6) is 5.75 Å². The van der Waals surface area contributed by atoms with Crippen LogP contribution in [0.3, 0.4) is 0 Å². The highest BCUT2D eigenvalue weighted by Gasteiger charge is 2.32. The number of carbonyl (C=O) groups is 1. The number of hydrogen-bond acceptors (Lipinski definition) is 4. The van der Waals surface area contributed by atoms with Gasteiger partial charge < -0.3 is 19.7 Å². The predicted octanol–water partition coefficient (Wildman–Crippen LogP) is 4.86. The van der Waals surface area contributed by atoms with Crippen molar-refractivity contribution in [3.05, 3.63) is 24.3 Å². The van der Waals surface area contributed by atoms with Gasteiger partial charge in [-0.2, -0.15) is 0 Å². The first-order chi connectivity index (χ1) is 13.5. The van der Waals surface area contributed by atoms with Crippen LogP contribution >= 0.6 is 0 Å². The van der Waals surface area contributed by atoms with Crippen molar-refractivity contribution in [1.82, 2.24) is 4.90 Å². The van der Waals surface area contributed by atoms with Crippen molar-refractivity contribution in [3.63, 3.8) is 0 Å². The van der Waals surface area contributed by atoms with Gasteiger partial charge in [0.25, 0.3) is 5.91 Å². The van der Waals surface area contributed by atoms with E-state index < -0.39 is 5.60 Å². The minimum atomic E-state index is -0.795. The van der Waals surface area contributed by atoms with Crippen LogP contribution in [0.1, 0.15) is 65.7 Å². The maximum Gasteiger partial charge on any atom is 0.256 e. The Labute approximate surface area is 170 Å². The van der Waals surface area contributed by atoms with Gasteiger partial charge >= 0.3 is 0 Å². The average molecular weight is 391 g/mol. The molecular weight excluding hydrogens is 352 g/mol. The smallest absolute Gasteiger partial charge is 0.256 e. The van der Waals surface area contributed by atoms with Gasteiger partial charge in [0.2, 0.25) is 0 Å². The van der Waals surface area contributed by atoms with E-state index in [0.29, 0.717) is 19.1 Å². The van der Waals surface area contributed by atoms with Gasteiger partial charge in [0.1, 0.15) is 11.4 Å². The Morgan fingerprint density at radius 2 is 2.00 bits per heavy atom. The number of hydrogen-bond donors (Lipinski definition) is 1. The fourth-order valence-electron chi connectivity index (χ4n) is 3.67. The SMILES string of the molecule is CCCC[C@](C)(OC)C(=O)Nc1ccc(OCCCN2CCCC[C@H]2C)cc1. The van der Waals surface area contributed by atoms with Gasteiger partial charge in [-0.25, -0.2) is 0 Å². The summed E-state index contributed by atoms with van der Waals surface area (Å²) in [4.78, 5) is 15.1. The summed E-state index contributed by atoms with van der Waals surface area (Å²) in [6.07, 6.45) is 7.73. The van der Waals surface area contributed by atoms with E-state index in [2.05, 4.69) is 24.1 Å². The van der Waals surface area contributed by atoms with Crippen LogP contribution in [0.4, 0.5) is 5.69 Å². The maximum atomic E-state index is 12.6. The van der Waals surface area contributed by atoms with Crippen LogP contribution in [0.25, 0.3) is 0 Å². The van der Waals surface area contributed by atoms with Crippen molar-refractivity contribution >= 4 is 11.6 Å². The van der Waals surface area contributed by atoms with Gasteiger partial charge in [-0.05, 0) is 70.3 Å². The second-order valence-electron chi connectivity index (χ2n) is 8.10. The van der Waals surface area contributed by atoms with Crippen molar-refractivity contribution in [2.45, 2.75) is 77.4 Å². The van der Waals surface area contributed by atoms with Gasteiger partial charge in [0.05, 0.1) is 6.61 Å². The van der Waals surface area contributed by atoms with Crippen molar-refractivity contribution in [2.75, 3.05) is 32.1 Å². The van der Waals surface area contributed by atoms with Crippen molar-refractivity contribution in [3.8, 4) is 5.75 Å². The minimum Gasteiger partial charge on any atom is -0.494 e. The van der Waals surface area contributed by atoms with Gasteiger partial charge in [-0.1, -0.05) is 26.2 Å². The minimum absolute atomic E-state index is 0.104. The third-order valence-corrected chi connectivity index (χ3v) is 5.85. The number of amides is 1. The van der Waals surface area contributed by atoms with Crippen molar-refractivity contribution in [1.29, 1.82) is 0 Å². The van der Waals surface area contributed by atoms with Crippen LogP contribution in [0, 0.1) is 0 Å². The predicted molar refractivity (Wildman–Crippen MR) is 115 cm³/mol. The first kappa shape index (κ1) is 22.7. The number of anilines is 1. The number of rotatable bonds is 11. The lowest BCUT2D eigenvalue weighted by molar-refractivity contribution is -0.136. The quantitative estimate of drug-likeness (QED) is 0.548. The molecule has 1 amide bonds. The molecule has 158 valence electrons. The number of nitrogens with zero attached hydrogens (tertiary/aromatic N) is 1. The summed E-state index contributed by atoms with van der Waals surface area (Å²) in [5.41, 5.74) is -0.0317. The topological polar surface area (TPSA) is 50.8 Å². The Kier molecular flexibility index (Phi) is 9.26. The molecule has 1 N–H and O–H groups in total. The number of nitrogens with one attached hydrogen (secondary N) is 1. The number of unbranched alkanes of at least 4 members (excludes halogenated alkanes) is 1. The van der Waals surface area contributed by atoms with E-state index in [-0.39, 0.29) is 5.91 Å². The number of methoxy groups -OCH3 is 1. The summed E-state index contributed by atoms with van der Waals surface area (Å²) in [6, 6.07) is 8.29. The van der Waals surface area contributed by atoms with Crippen LogP contribution in [0.2, 0.25) is 0 Å². The first-order valence-corrected chi connectivity index (χ1v) is 10.8. The van der Waals surface area contributed by atoms with Gasteiger partial charge in [0.15, 0.2) is 0 Å². The van der Waals surface area contributed by atoms with E-state index >= 15 is 0 Å². The second-order valence-corrected chi connectivity index (χ2v) is 8.10. The van der Waals surface area contributed by atoms with Crippen LogP contribution in [-0.2, 0) is 9.53 Å². The third kappa shape index (κ3) is 6.78. The molecule has 1 aromatic rings. The summed E-state index contributed by atoms with van der Waals surface area (Å²) in [5.74, 6) is 0.734. The maximum absolute atomic E-state index is 12.6. The molecule has 2 atom stereocenters. The Hall–Kier alpha value is -1.59. The van der Waals surface area contributed by atoms with E-state index in [1.807, 2.05) is 31.2 Å². The van der Waals surface area contributed by atoms with Crippen LogP contribution < -0.4 is 10.1 Å². The number of benzene rings is 1. The molecule has 0 radical (unpaired) electrons. The highest BCUT2D eigenvalue weighted by molar-refractivity contribution is 5.97. The van der Waals surface area contributed by atoms with Crippen molar-refractivity contribution < 1.29 is 14.3 Å². The Balaban J connectivity index is 1.75. The molecular formula is C23H38N2O3. The summed E-state index contributed by atoms with van der Waals surface area (Å²) in [5, 5.41) is 2.96. The molecule has 5 heteroatoms. The molecule has 0 aliphatic carbocycles. The summed E-state index contributed by atoms with van der Waals surface area (Å²) >= 11 is 0. The number of piperidine rings is 1. The Morgan fingerprint density at radius 1 is 1.25 bits per heavy atom. The molecule has 2 rings (SSSR count). The lowest BCUT2D eigenvalue weighted by Crippen LogP contribution is -2.41. The molecule has 1 aliphatic rings. The summed E-state index contributed by atoms with van der Waals surface area (Å²) in [7, 11) is 1.59. The van der Waals surface area contributed by atoms with E-state index in [9.17, 15) is 4.79 Å². The molecule has 0 aromatic heterocycles. The summed E-state index contributed by atoms with van der Waals surface area (Å²) < 4.78 is 11.3. The number of carbonyl (C=O) groups excluding carboxylic acids is 1. The zero-order valence-electron chi connectivity index (χ0n) is 18.1. The Bertz CT molecular complexity index is 590. The molecule has 0 bridgehead atoms. The van der Waals surface area contributed by atoms with Crippen LogP contribution in [-0.4, -0.2) is 49.3 Å². The fraction of sp³-hybridized carbons (Fsp3) is 0.696. The van der Waals surface area contributed by atoms with E-state index in [0.717, 1.165) is 37.2 Å². The molecule has 0 unspecified atom stereocenters. The molecule has 1 fully saturated rings. The number of ether oxygens (including phenoxy) is 2. The third-order valence-electron chi connectivity index (χ3n) is 5.85. The Morgan fingerprint density at radius 3 is 2.64 bits per heavy atom. The largest absolute Gasteiger partial charge is 0.494 e. The standard InChI is InChI=1S/C23H38N2O3/c1-5-6-15-23(3,27-4)22(26)24-20-11-13-21(14-12-20)28-18-9-17-25-16-8-7-10-19(25)2/h11-14,19H,5-10,15-18H2,1-4H3,(H,24,26)/t19-,23+/m1/s1. The number of likely N-dealkylation sites (tertiary alicyclic amines) is 1. The lowest BCUT2D eigenvalue weighted by atomic mass is 9.97. The van der Waals surface area contributed by atoms with Gasteiger partial charge in [-0.15, -0.1) is 0 Å². The van der Waals surface area contributed by atoms with E-state index in [1.54, 1.807) is 7.11 Å². The molecule has 5 nitrogen and oxygen atoms in total. The average Bonchev–Trinajstić information content (AvgIpc) is 2.71. The normalized spacial score (nSPS) is 19.8. The van der Waals surface area contributed by atoms with Gasteiger partial charge in [-0.3, -0.25) is 4.79 Å². The lowest BCUT2D eigenvalue weighted by Gasteiger charge is -2.33. The molecule has 0 saturated carbocycles. The zero-order chi connectivity index (χ0) is 20.4. The highest BCUT2D eigenvalue weighted by atomic mass is 16.5. The monoisotopic (exact) mass is 390 g/mol. The zero-order valence-corrected chi connectivity index (χ0v) is 18.1. The highest BCUT2D eigenvalue weighted by Crippen LogP contribution is 2.22. The molecule has 1 aromatic carbocycles. The fourth-order valence-corrected chi connectivity index (χ4v) is 3.67. The molecule has 0 spiro atoms. The molecule has 28 heavy (non-hydrogen) atoms. The molecule has 1 aliphatic heterocycles. The van der Waals surface area contributed by atoms with E-state index in [1.165, 1.54) is 25.8 Å². The summed E-state index contributed by atoms with van der Waals surface area (Å²) in [6.45, 7) is 9.31.